The van der Waals surface area contributed by atoms with Crippen LogP contribution in [0.3, 0.4) is 0 Å². The van der Waals surface area contributed by atoms with E-state index in [4.69, 9.17) is 15.2 Å². The summed E-state index contributed by atoms with van der Waals surface area (Å²) >= 11 is 0. The first-order valence-electron chi connectivity index (χ1n) is 7.34. The van der Waals surface area contributed by atoms with Crippen LogP contribution >= 0.6 is 0 Å². The minimum absolute atomic E-state index is 0.563. The first kappa shape index (κ1) is 15.4. The van der Waals surface area contributed by atoms with E-state index in [1.165, 1.54) is 11.1 Å². The summed E-state index contributed by atoms with van der Waals surface area (Å²) in [6, 6.07) is 14.3. The molecule has 0 aromatic heterocycles. The lowest BCUT2D eigenvalue weighted by atomic mass is 10.1. The number of methoxy groups -OCH3 is 1. The highest BCUT2D eigenvalue weighted by Crippen LogP contribution is 2.21. The second kappa shape index (κ2) is 7.70. The summed E-state index contributed by atoms with van der Waals surface area (Å²) in [5.41, 5.74) is 9.14. The van der Waals surface area contributed by atoms with E-state index < -0.39 is 0 Å². The second-order valence-electron chi connectivity index (χ2n) is 4.97. The molecule has 0 fully saturated rings. The van der Waals surface area contributed by atoms with Gasteiger partial charge in [0, 0.05) is 0 Å². The zero-order valence-electron chi connectivity index (χ0n) is 12.8. The third kappa shape index (κ3) is 4.23. The van der Waals surface area contributed by atoms with Crippen molar-refractivity contribution in [1.29, 1.82) is 0 Å². The quantitative estimate of drug-likeness (QED) is 0.848. The van der Waals surface area contributed by atoms with Gasteiger partial charge in [-0.2, -0.15) is 0 Å². The Labute approximate surface area is 126 Å². The smallest absolute Gasteiger partial charge is 0.122 e. The Bertz CT molecular complexity index is 564. The zero-order chi connectivity index (χ0) is 15.1. The van der Waals surface area contributed by atoms with Gasteiger partial charge in [0.15, 0.2) is 0 Å². The van der Waals surface area contributed by atoms with E-state index in [-0.39, 0.29) is 0 Å². The Balaban J connectivity index is 1.99. The van der Waals surface area contributed by atoms with Crippen LogP contribution in [0.15, 0.2) is 42.5 Å². The molecule has 2 aromatic carbocycles. The number of aryl methyl sites for hydroxylation is 1. The molecule has 0 spiro atoms. The summed E-state index contributed by atoms with van der Waals surface area (Å²) in [5.74, 6) is 1.82. The molecule has 0 aliphatic heterocycles. The average Bonchev–Trinajstić information content (AvgIpc) is 2.54. The summed E-state index contributed by atoms with van der Waals surface area (Å²) in [7, 11) is 1.70. The fraction of sp³-hybridized carbons (Fsp3) is 0.333. The lowest BCUT2D eigenvalue weighted by molar-refractivity contribution is 0.305. The van der Waals surface area contributed by atoms with Crippen LogP contribution in [-0.4, -0.2) is 13.7 Å². The van der Waals surface area contributed by atoms with Crippen LogP contribution in [-0.2, 0) is 19.4 Å². The predicted octanol–water partition coefficient (Wildman–Crippen LogP) is 3.34. The number of hydrogen-bond acceptors (Lipinski definition) is 3. The molecule has 0 saturated carbocycles. The monoisotopic (exact) mass is 285 g/mol. The van der Waals surface area contributed by atoms with Crippen LogP contribution in [0.5, 0.6) is 11.5 Å². The number of rotatable bonds is 7. The summed E-state index contributed by atoms with van der Waals surface area (Å²) in [4.78, 5) is 0. The van der Waals surface area contributed by atoms with Gasteiger partial charge < -0.3 is 15.2 Å². The Morgan fingerprint density at radius 1 is 1.00 bits per heavy atom. The highest BCUT2D eigenvalue weighted by Gasteiger charge is 2.03. The van der Waals surface area contributed by atoms with E-state index in [1.54, 1.807) is 7.11 Å². The summed E-state index contributed by atoms with van der Waals surface area (Å²) in [5, 5.41) is 0. The third-order valence-electron chi connectivity index (χ3n) is 3.49. The molecule has 0 aliphatic carbocycles. The largest absolute Gasteiger partial charge is 0.496 e. The highest BCUT2D eigenvalue weighted by atomic mass is 16.5. The Hall–Kier alpha value is -2.00. The minimum Gasteiger partial charge on any atom is -0.496 e. The Morgan fingerprint density at radius 2 is 1.71 bits per heavy atom. The summed E-state index contributed by atoms with van der Waals surface area (Å²) in [6.07, 6.45) is 1.85. The molecule has 0 unspecified atom stereocenters. The molecule has 21 heavy (non-hydrogen) atoms. The Morgan fingerprint density at radius 3 is 2.33 bits per heavy atom. The first-order valence-corrected chi connectivity index (χ1v) is 7.34. The molecule has 3 heteroatoms. The van der Waals surface area contributed by atoms with Crippen LogP contribution < -0.4 is 15.2 Å². The van der Waals surface area contributed by atoms with E-state index >= 15 is 0 Å². The van der Waals surface area contributed by atoms with Crippen molar-refractivity contribution in [2.75, 3.05) is 13.7 Å². The Kier molecular flexibility index (Phi) is 5.64. The molecule has 112 valence electrons. The van der Waals surface area contributed by atoms with Gasteiger partial charge in [-0.3, -0.25) is 0 Å². The lowest BCUT2D eigenvalue weighted by Crippen LogP contribution is -2.02. The van der Waals surface area contributed by atoms with Crippen molar-refractivity contribution >= 4 is 0 Å². The van der Waals surface area contributed by atoms with Gasteiger partial charge in [0.25, 0.3) is 0 Å². The van der Waals surface area contributed by atoms with Gasteiger partial charge in [-0.05, 0) is 60.3 Å². The van der Waals surface area contributed by atoms with Crippen molar-refractivity contribution in [1.82, 2.24) is 0 Å². The van der Waals surface area contributed by atoms with Gasteiger partial charge in [0.05, 0.1) is 7.11 Å². The van der Waals surface area contributed by atoms with E-state index in [2.05, 4.69) is 25.1 Å². The molecular formula is C18H23NO2. The van der Waals surface area contributed by atoms with Gasteiger partial charge in [-0.1, -0.05) is 25.1 Å². The first-order chi connectivity index (χ1) is 10.3. The SMILES string of the molecule is CCc1cc(COc2ccc(CCN)cc2)ccc1OC. The minimum atomic E-state index is 0.563. The van der Waals surface area contributed by atoms with Crippen molar-refractivity contribution in [2.24, 2.45) is 5.73 Å². The van der Waals surface area contributed by atoms with E-state index in [1.807, 2.05) is 24.3 Å². The molecule has 0 bridgehead atoms. The molecule has 0 aliphatic rings. The van der Waals surface area contributed by atoms with Gasteiger partial charge in [0.2, 0.25) is 0 Å². The van der Waals surface area contributed by atoms with E-state index in [9.17, 15) is 0 Å². The van der Waals surface area contributed by atoms with Gasteiger partial charge in [-0.15, -0.1) is 0 Å². The maximum atomic E-state index is 5.83. The highest BCUT2D eigenvalue weighted by molar-refractivity contribution is 5.37. The molecule has 2 N–H and O–H groups in total. The standard InChI is InChI=1S/C18H23NO2/c1-3-16-12-15(6-9-18(16)20-2)13-21-17-7-4-14(5-8-17)10-11-19/h4-9,12H,3,10-11,13,19H2,1-2H3. The molecule has 0 atom stereocenters. The van der Waals surface area contributed by atoms with Crippen molar-refractivity contribution in [3.63, 3.8) is 0 Å². The van der Waals surface area contributed by atoms with Gasteiger partial charge in [-0.25, -0.2) is 0 Å². The summed E-state index contributed by atoms with van der Waals surface area (Å²) < 4.78 is 11.2. The number of nitrogens with two attached hydrogens (primary N) is 1. The number of ether oxygens (including phenoxy) is 2. The van der Waals surface area contributed by atoms with Crippen molar-refractivity contribution in [3.8, 4) is 11.5 Å². The molecular weight excluding hydrogens is 262 g/mol. The van der Waals surface area contributed by atoms with Crippen LogP contribution in [0.25, 0.3) is 0 Å². The molecule has 0 radical (unpaired) electrons. The second-order valence-corrected chi connectivity index (χ2v) is 4.97. The maximum absolute atomic E-state index is 5.83. The van der Waals surface area contributed by atoms with E-state index in [0.29, 0.717) is 13.2 Å². The maximum Gasteiger partial charge on any atom is 0.122 e. The lowest BCUT2D eigenvalue weighted by Gasteiger charge is -2.11. The van der Waals surface area contributed by atoms with Crippen LogP contribution in [0.2, 0.25) is 0 Å². The molecule has 3 nitrogen and oxygen atoms in total. The number of benzene rings is 2. The fourth-order valence-corrected chi connectivity index (χ4v) is 2.28. The zero-order valence-corrected chi connectivity index (χ0v) is 12.8. The summed E-state index contributed by atoms with van der Waals surface area (Å²) in [6.45, 7) is 3.36. The van der Waals surface area contributed by atoms with Crippen LogP contribution in [0.1, 0.15) is 23.6 Å². The average molecular weight is 285 g/mol. The van der Waals surface area contributed by atoms with Gasteiger partial charge >= 0.3 is 0 Å². The molecule has 2 aromatic rings. The van der Waals surface area contributed by atoms with Crippen molar-refractivity contribution < 1.29 is 9.47 Å². The van der Waals surface area contributed by atoms with Crippen LogP contribution in [0.4, 0.5) is 0 Å². The van der Waals surface area contributed by atoms with Gasteiger partial charge in [0.1, 0.15) is 18.1 Å². The third-order valence-corrected chi connectivity index (χ3v) is 3.49. The van der Waals surface area contributed by atoms with Crippen LogP contribution in [0, 0.1) is 0 Å². The molecule has 2 rings (SSSR count). The normalized spacial score (nSPS) is 10.4. The number of hydrogen-bond donors (Lipinski definition) is 1. The fourth-order valence-electron chi connectivity index (χ4n) is 2.28. The van der Waals surface area contributed by atoms with E-state index in [0.717, 1.165) is 29.9 Å². The predicted molar refractivity (Wildman–Crippen MR) is 85.9 cm³/mol. The molecule has 0 heterocycles. The molecule has 0 saturated heterocycles. The topological polar surface area (TPSA) is 44.5 Å². The van der Waals surface area contributed by atoms with Crippen molar-refractivity contribution in [3.05, 3.63) is 59.2 Å². The molecule has 0 amide bonds. The van der Waals surface area contributed by atoms with Crippen molar-refractivity contribution in [2.45, 2.75) is 26.4 Å².